The zero-order valence-corrected chi connectivity index (χ0v) is 8.09. The molecule has 1 rings (SSSR count). The van der Waals surface area contributed by atoms with Gasteiger partial charge < -0.3 is 10.6 Å². The van der Waals surface area contributed by atoms with Gasteiger partial charge in [0.1, 0.15) is 5.78 Å². The van der Waals surface area contributed by atoms with E-state index in [1.165, 1.54) is 0 Å². The molecule has 13 heavy (non-hydrogen) atoms. The number of rotatable bonds is 4. The smallest absolute Gasteiger partial charge is 0.223 e. The van der Waals surface area contributed by atoms with Gasteiger partial charge in [-0.15, -0.1) is 0 Å². The summed E-state index contributed by atoms with van der Waals surface area (Å²) in [6.45, 7) is 2.30. The van der Waals surface area contributed by atoms with Crippen molar-refractivity contribution in [3.05, 3.63) is 0 Å². The second-order valence-electron chi connectivity index (χ2n) is 3.46. The van der Waals surface area contributed by atoms with E-state index in [2.05, 4.69) is 10.6 Å². The Morgan fingerprint density at radius 1 is 1.77 bits per heavy atom. The molecule has 2 unspecified atom stereocenters. The molecule has 0 saturated carbocycles. The summed E-state index contributed by atoms with van der Waals surface area (Å²) < 4.78 is 0. The number of hydrogen-bond acceptors (Lipinski definition) is 3. The Kier molecular flexibility index (Phi) is 3.42. The van der Waals surface area contributed by atoms with Crippen LogP contribution in [0.15, 0.2) is 0 Å². The lowest BCUT2D eigenvalue weighted by Gasteiger charge is -2.15. The van der Waals surface area contributed by atoms with Crippen LogP contribution in [0, 0.1) is 5.92 Å². The van der Waals surface area contributed by atoms with Crippen molar-refractivity contribution in [1.29, 1.82) is 0 Å². The van der Waals surface area contributed by atoms with Crippen molar-refractivity contribution in [2.75, 3.05) is 13.6 Å². The molecule has 0 bridgehead atoms. The van der Waals surface area contributed by atoms with Gasteiger partial charge in [-0.25, -0.2) is 0 Å². The van der Waals surface area contributed by atoms with Crippen LogP contribution < -0.4 is 10.6 Å². The minimum absolute atomic E-state index is 0.0151. The number of Topliss-reactive ketones (excluding diaryl/α,β-unsaturated/α-hetero) is 1. The highest BCUT2D eigenvalue weighted by Gasteiger charge is 2.27. The third-order valence-corrected chi connectivity index (χ3v) is 2.52. The van der Waals surface area contributed by atoms with Gasteiger partial charge in [0.2, 0.25) is 5.91 Å². The maximum absolute atomic E-state index is 11.2. The Balaban J connectivity index is 2.45. The predicted molar refractivity (Wildman–Crippen MR) is 49.3 cm³/mol. The average molecular weight is 184 g/mol. The second-order valence-corrected chi connectivity index (χ2v) is 3.46. The first-order valence-electron chi connectivity index (χ1n) is 4.60. The van der Waals surface area contributed by atoms with Gasteiger partial charge in [-0.05, 0) is 26.8 Å². The molecule has 0 aromatic heterocycles. The predicted octanol–water partition coefficient (Wildman–Crippen LogP) is -0.310. The van der Waals surface area contributed by atoms with E-state index in [-0.39, 0.29) is 23.7 Å². The van der Waals surface area contributed by atoms with Gasteiger partial charge in [0.25, 0.3) is 0 Å². The fourth-order valence-electron chi connectivity index (χ4n) is 1.64. The van der Waals surface area contributed by atoms with Crippen LogP contribution in [0.5, 0.6) is 0 Å². The molecule has 2 atom stereocenters. The third kappa shape index (κ3) is 2.52. The average Bonchev–Trinajstić information content (AvgIpc) is 2.46. The van der Waals surface area contributed by atoms with Gasteiger partial charge in [0.05, 0.1) is 6.04 Å². The first-order valence-corrected chi connectivity index (χ1v) is 4.60. The number of hydrogen-bond donors (Lipinski definition) is 2. The number of likely N-dealkylation sites (N-methyl/N-ethyl adjacent to an activating group) is 1. The van der Waals surface area contributed by atoms with Gasteiger partial charge in [-0.2, -0.15) is 0 Å². The molecule has 0 aromatic carbocycles. The molecular formula is C9H16N2O2. The highest BCUT2D eigenvalue weighted by atomic mass is 16.2. The molecule has 0 radical (unpaired) electrons. The minimum Gasteiger partial charge on any atom is -0.356 e. The van der Waals surface area contributed by atoms with Crippen molar-refractivity contribution < 1.29 is 9.59 Å². The van der Waals surface area contributed by atoms with Gasteiger partial charge in [-0.3, -0.25) is 9.59 Å². The van der Waals surface area contributed by atoms with Crippen molar-refractivity contribution >= 4 is 11.7 Å². The second kappa shape index (κ2) is 4.37. The summed E-state index contributed by atoms with van der Waals surface area (Å²) in [5.41, 5.74) is 0. The highest BCUT2D eigenvalue weighted by molar-refractivity contribution is 5.84. The Labute approximate surface area is 78.1 Å². The lowest BCUT2D eigenvalue weighted by atomic mass is 9.96. The van der Waals surface area contributed by atoms with Gasteiger partial charge in [0.15, 0.2) is 0 Å². The molecule has 1 aliphatic heterocycles. The first-order chi connectivity index (χ1) is 6.15. The van der Waals surface area contributed by atoms with E-state index < -0.39 is 0 Å². The Bertz CT molecular complexity index is 216. The number of nitrogens with one attached hydrogen (secondary N) is 2. The van der Waals surface area contributed by atoms with Gasteiger partial charge in [0, 0.05) is 12.5 Å². The maximum Gasteiger partial charge on any atom is 0.223 e. The molecule has 1 heterocycles. The number of amides is 1. The van der Waals surface area contributed by atoms with Crippen molar-refractivity contribution in [3.63, 3.8) is 0 Å². The van der Waals surface area contributed by atoms with E-state index in [0.29, 0.717) is 6.42 Å². The van der Waals surface area contributed by atoms with Crippen LogP contribution >= 0.6 is 0 Å². The van der Waals surface area contributed by atoms with Crippen LogP contribution in [-0.2, 0) is 9.59 Å². The van der Waals surface area contributed by atoms with E-state index in [1.54, 1.807) is 14.0 Å². The molecule has 0 aliphatic carbocycles. The molecule has 74 valence electrons. The Morgan fingerprint density at radius 2 is 2.46 bits per heavy atom. The van der Waals surface area contributed by atoms with E-state index in [9.17, 15) is 9.59 Å². The zero-order chi connectivity index (χ0) is 9.84. The first kappa shape index (κ1) is 10.2. The highest BCUT2D eigenvalue weighted by Crippen LogP contribution is 2.16. The summed E-state index contributed by atoms with van der Waals surface area (Å²) in [6, 6.07) is -0.172. The van der Waals surface area contributed by atoms with Crippen molar-refractivity contribution in [2.24, 2.45) is 5.92 Å². The Morgan fingerprint density at radius 3 is 2.85 bits per heavy atom. The lowest BCUT2D eigenvalue weighted by molar-refractivity contribution is -0.123. The normalized spacial score (nSPS) is 24.2. The molecule has 0 aromatic rings. The minimum atomic E-state index is -0.172. The lowest BCUT2D eigenvalue weighted by Crippen LogP contribution is -2.35. The van der Waals surface area contributed by atoms with E-state index in [1.807, 2.05) is 0 Å². The van der Waals surface area contributed by atoms with E-state index in [0.717, 1.165) is 13.0 Å². The molecular weight excluding hydrogens is 168 g/mol. The standard InChI is InChI=1S/C9H16N2O2/c1-6(12)8(10-2)5-7-3-4-11-9(7)13/h7-8,10H,3-5H2,1-2H3,(H,11,13). The van der Waals surface area contributed by atoms with E-state index in [4.69, 9.17) is 0 Å². The van der Waals surface area contributed by atoms with Gasteiger partial charge in [-0.1, -0.05) is 0 Å². The monoisotopic (exact) mass is 184 g/mol. The van der Waals surface area contributed by atoms with Crippen LogP contribution in [0.25, 0.3) is 0 Å². The molecule has 4 nitrogen and oxygen atoms in total. The number of ketones is 1. The van der Waals surface area contributed by atoms with Crippen LogP contribution in [0.4, 0.5) is 0 Å². The van der Waals surface area contributed by atoms with E-state index >= 15 is 0 Å². The summed E-state index contributed by atoms with van der Waals surface area (Å²) in [7, 11) is 1.75. The van der Waals surface area contributed by atoms with Crippen LogP contribution in [-0.4, -0.2) is 31.3 Å². The van der Waals surface area contributed by atoms with Crippen LogP contribution in [0.3, 0.4) is 0 Å². The van der Waals surface area contributed by atoms with Crippen LogP contribution in [0.2, 0.25) is 0 Å². The Hall–Kier alpha value is -0.900. The number of carbonyl (C=O) groups is 2. The van der Waals surface area contributed by atoms with Gasteiger partial charge >= 0.3 is 0 Å². The largest absolute Gasteiger partial charge is 0.356 e. The maximum atomic E-state index is 11.2. The van der Waals surface area contributed by atoms with Crippen molar-refractivity contribution in [3.8, 4) is 0 Å². The fraction of sp³-hybridized carbons (Fsp3) is 0.778. The quantitative estimate of drug-likeness (QED) is 0.630. The molecule has 1 amide bonds. The molecule has 4 heteroatoms. The SMILES string of the molecule is CNC(CC1CCNC1=O)C(C)=O. The molecule has 1 aliphatic rings. The summed E-state index contributed by atoms with van der Waals surface area (Å²) in [4.78, 5) is 22.3. The summed E-state index contributed by atoms with van der Waals surface area (Å²) in [5.74, 6) is 0.199. The number of carbonyl (C=O) groups excluding carboxylic acids is 2. The van der Waals surface area contributed by atoms with Crippen molar-refractivity contribution in [1.82, 2.24) is 10.6 Å². The van der Waals surface area contributed by atoms with Crippen molar-refractivity contribution in [2.45, 2.75) is 25.8 Å². The summed E-state index contributed by atoms with van der Waals surface area (Å²) in [5, 5.41) is 5.68. The molecule has 2 N–H and O–H groups in total. The summed E-state index contributed by atoms with van der Waals surface area (Å²) in [6.07, 6.45) is 1.47. The summed E-state index contributed by atoms with van der Waals surface area (Å²) >= 11 is 0. The van der Waals surface area contributed by atoms with Crippen LogP contribution in [0.1, 0.15) is 19.8 Å². The topological polar surface area (TPSA) is 58.2 Å². The molecule has 1 fully saturated rings. The third-order valence-electron chi connectivity index (χ3n) is 2.52. The molecule has 0 spiro atoms. The molecule has 1 saturated heterocycles. The zero-order valence-electron chi connectivity index (χ0n) is 8.09. The fourth-order valence-corrected chi connectivity index (χ4v) is 1.64.